The van der Waals surface area contributed by atoms with Crippen molar-refractivity contribution >= 4 is 0 Å². The molecular weight excluding hydrogens is 222 g/mol. The molecule has 0 aliphatic rings. The van der Waals surface area contributed by atoms with Gasteiger partial charge in [0.15, 0.2) is 0 Å². The molecule has 0 spiro atoms. The van der Waals surface area contributed by atoms with E-state index < -0.39 is 0 Å². The van der Waals surface area contributed by atoms with Crippen molar-refractivity contribution in [2.24, 2.45) is 0 Å². The van der Waals surface area contributed by atoms with E-state index in [0.29, 0.717) is 0 Å². The number of ether oxygens (including phenoxy) is 1. The van der Waals surface area contributed by atoms with Crippen molar-refractivity contribution < 1.29 is 4.74 Å². The van der Waals surface area contributed by atoms with Crippen LogP contribution in [0, 0.1) is 13.8 Å². The Morgan fingerprint density at radius 3 is 2.50 bits per heavy atom. The molecule has 0 N–H and O–H groups in total. The average molecular weight is 241 g/mol. The topological polar surface area (TPSA) is 22.1 Å². The first-order chi connectivity index (χ1) is 8.70. The molecule has 1 aromatic carbocycles. The number of aryl methyl sites for hydroxylation is 4. The highest BCUT2D eigenvalue weighted by Crippen LogP contribution is 2.24. The number of nitrogens with zero attached hydrogens (tertiary/aromatic N) is 1. The summed E-state index contributed by atoms with van der Waals surface area (Å²) in [5.74, 6) is 0.981. The Hall–Kier alpha value is -1.83. The molecule has 2 rings (SSSR count). The number of rotatable bonds is 4. The van der Waals surface area contributed by atoms with Gasteiger partial charge in [-0.15, -0.1) is 0 Å². The molecule has 0 bridgehead atoms. The Morgan fingerprint density at radius 2 is 1.83 bits per heavy atom. The van der Waals surface area contributed by atoms with Crippen LogP contribution in [0.4, 0.5) is 0 Å². The van der Waals surface area contributed by atoms with Gasteiger partial charge in [-0.25, -0.2) is 0 Å². The van der Waals surface area contributed by atoms with Crippen molar-refractivity contribution in [1.29, 1.82) is 0 Å². The van der Waals surface area contributed by atoms with E-state index in [-0.39, 0.29) is 0 Å². The van der Waals surface area contributed by atoms with E-state index >= 15 is 0 Å². The third-order valence-electron chi connectivity index (χ3n) is 3.27. The van der Waals surface area contributed by atoms with Gasteiger partial charge in [-0.2, -0.15) is 0 Å². The number of hydrogen-bond donors (Lipinski definition) is 0. The van der Waals surface area contributed by atoms with Crippen LogP contribution in [-0.2, 0) is 12.8 Å². The average Bonchev–Trinajstić information content (AvgIpc) is 2.41. The zero-order chi connectivity index (χ0) is 13.0. The molecule has 1 aromatic heterocycles. The highest BCUT2D eigenvalue weighted by Gasteiger charge is 2.06. The van der Waals surface area contributed by atoms with Crippen LogP contribution in [0.25, 0.3) is 0 Å². The first-order valence-corrected chi connectivity index (χ1v) is 6.24. The zero-order valence-electron chi connectivity index (χ0n) is 11.2. The molecule has 94 valence electrons. The minimum Gasteiger partial charge on any atom is -0.496 e. The SMILES string of the molecule is COc1cc(C)c(C)cc1CCc1ccccn1. The molecule has 0 saturated heterocycles. The third-order valence-corrected chi connectivity index (χ3v) is 3.27. The van der Waals surface area contributed by atoms with E-state index in [4.69, 9.17) is 4.74 Å². The Morgan fingerprint density at radius 1 is 1.06 bits per heavy atom. The summed E-state index contributed by atoms with van der Waals surface area (Å²) >= 11 is 0. The Balaban J connectivity index is 2.16. The highest BCUT2D eigenvalue weighted by atomic mass is 16.5. The lowest BCUT2D eigenvalue weighted by Gasteiger charge is -2.11. The second-order valence-electron chi connectivity index (χ2n) is 4.57. The van der Waals surface area contributed by atoms with Gasteiger partial charge in [0.1, 0.15) is 5.75 Å². The van der Waals surface area contributed by atoms with Crippen LogP contribution < -0.4 is 4.74 Å². The quantitative estimate of drug-likeness (QED) is 0.817. The third kappa shape index (κ3) is 2.89. The van der Waals surface area contributed by atoms with E-state index in [9.17, 15) is 0 Å². The normalized spacial score (nSPS) is 10.4. The van der Waals surface area contributed by atoms with Crippen LogP contribution in [0.3, 0.4) is 0 Å². The second kappa shape index (κ2) is 5.67. The molecule has 2 aromatic rings. The van der Waals surface area contributed by atoms with Crippen LogP contribution >= 0.6 is 0 Å². The number of aromatic nitrogens is 1. The number of methoxy groups -OCH3 is 1. The van der Waals surface area contributed by atoms with Gasteiger partial charge in [-0.3, -0.25) is 4.98 Å². The monoisotopic (exact) mass is 241 g/mol. The van der Waals surface area contributed by atoms with Crippen molar-refractivity contribution in [2.45, 2.75) is 26.7 Å². The van der Waals surface area contributed by atoms with E-state index in [1.54, 1.807) is 7.11 Å². The van der Waals surface area contributed by atoms with Gasteiger partial charge in [-0.1, -0.05) is 12.1 Å². The minimum absolute atomic E-state index is 0.944. The fourth-order valence-corrected chi connectivity index (χ4v) is 2.04. The molecule has 0 radical (unpaired) electrons. The van der Waals surface area contributed by atoms with Gasteiger partial charge in [0, 0.05) is 11.9 Å². The lowest BCUT2D eigenvalue weighted by atomic mass is 10.0. The summed E-state index contributed by atoms with van der Waals surface area (Å²) in [6.45, 7) is 4.25. The molecule has 0 aliphatic carbocycles. The van der Waals surface area contributed by atoms with Gasteiger partial charge < -0.3 is 4.74 Å². The van der Waals surface area contributed by atoms with E-state index in [2.05, 4.69) is 37.0 Å². The van der Waals surface area contributed by atoms with Crippen LogP contribution in [0.1, 0.15) is 22.4 Å². The predicted octanol–water partition coefficient (Wildman–Crippen LogP) is 3.49. The Kier molecular flexibility index (Phi) is 3.98. The van der Waals surface area contributed by atoms with Crippen LogP contribution in [0.15, 0.2) is 36.5 Å². The number of pyridine rings is 1. The van der Waals surface area contributed by atoms with Crippen molar-refractivity contribution in [3.63, 3.8) is 0 Å². The first-order valence-electron chi connectivity index (χ1n) is 6.24. The van der Waals surface area contributed by atoms with Gasteiger partial charge in [0.2, 0.25) is 0 Å². The molecular formula is C16H19NO. The molecule has 0 unspecified atom stereocenters. The summed E-state index contributed by atoms with van der Waals surface area (Å²) in [5, 5.41) is 0. The largest absolute Gasteiger partial charge is 0.496 e. The summed E-state index contributed by atoms with van der Waals surface area (Å²) in [5.41, 5.74) is 4.96. The zero-order valence-corrected chi connectivity index (χ0v) is 11.2. The molecule has 0 amide bonds. The molecule has 0 aliphatic heterocycles. The van der Waals surface area contributed by atoms with Crippen molar-refractivity contribution in [3.05, 3.63) is 58.9 Å². The van der Waals surface area contributed by atoms with Gasteiger partial charge in [0.25, 0.3) is 0 Å². The predicted molar refractivity (Wildman–Crippen MR) is 74.1 cm³/mol. The fourth-order valence-electron chi connectivity index (χ4n) is 2.04. The smallest absolute Gasteiger partial charge is 0.122 e. The van der Waals surface area contributed by atoms with Gasteiger partial charge in [-0.05, 0) is 61.6 Å². The lowest BCUT2D eigenvalue weighted by molar-refractivity contribution is 0.409. The Bertz CT molecular complexity index is 520. The van der Waals surface area contributed by atoms with Crippen molar-refractivity contribution in [2.75, 3.05) is 7.11 Å². The minimum atomic E-state index is 0.944. The van der Waals surface area contributed by atoms with Gasteiger partial charge >= 0.3 is 0 Å². The molecule has 18 heavy (non-hydrogen) atoms. The van der Waals surface area contributed by atoms with Crippen LogP contribution in [0.2, 0.25) is 0 Å². The number of benzene rings is 1. The Labute approximate surface area is 109 Å². The van der Waals surface area contributed by atoms with Crippen molar-refractivity contribution in [1.82, 2.24) is 4.98 Å². The highest BCUT2D eigenvalue weighted by molar-refractivity contribution is 5.42. The lowest BCUT2D eigenvalue weighted by Crippen LogP contribution is -1.98. The molecule has 2 nitrogen and oxygen atoms in total. The standard InChI is InChI=1S/C16H19NO/c1-12-10-14(16(18-3)11-13(12)2)7-8-15-6-4-5-9-17-15/h4-6,9-11H,7-8H2,1-3H3. The molecule has 0 saturated carbocycles. The second-order valence-corrected chi connectivity index (χ2v) is 4.57. The summed E-state index contributed by atoms with van der Waals surface area (Å²) in [6.07, 6.45) is 3.74. The number of hydrogen-bond acceptors (Lipinski definition) is 2. The first kappa shape index (κ1) is 12.6. The molecule has 2 heteroatoms. The fraction of sp³-hybridized carbons (Fsp3) is 0.312. The molecule has 1 heterocycles. The molecule has 0 fully saturated rings. The molecule has 0 atom stereocenters. The summed E-state index contributed by atoms with van der Waals surface area (Å²) in [4.78, 5) is 4.35. The van der Waals surface area contributed by atoms with E-state index in [1.807, 2.05) is 18.3 Å². The maximum atomic E-state index is 5.45. The van der Waals surface area contributed by atoms with E-state index in [0.717, 1.165) is 24.3 Å². The summed E-state index contributed by atoms with van der Waals surface area (Å²) in [7, 11) is 1.73. The van der Waals surface area contributed by atoms with E-state index in [1.165, 1.54) is 16.7 Å². The summed E-state index contributed by atoms with van der Waals surface area (Å²) in [6, 6.07) is 10.4. The maximum Gasteiger partial charge on any atom is 0.122 e. The van der Waals surface area contributed by atoms with Crippen LogP contribution in [-0.4, -0.2) is 12.1 Å². The van der Waals surface area contributed by atoms with Gasteiger partial charge in [0.05, 0.1) is 7.11 Å². The van der Waals surface area contributed by atoms with Crippen LogP contribution in [0.5, 0.6) is 5.75 Å². The maximum absolute atomic E-state index is 5.45. The summed E-state index contributed by atoms with van der Waals surface area (Å²) < 4.78 is 5.45. The van der Waals surface area contributed by atoms with Crippen molar-refractivity contribution in [3.8, 4) is 5.75 Å².